The first-order valence-corrected chi connectivity index (χ1v) is 5.72. The Balaban J connectivity index is 3.36. The van der Waals surface area contributed by atoms with Gasteiger partial charge in [0, 0.05) is 0 Å². The Morgan fingerprint density at radius 1 is 1.43 bits per heavy atom. The fraction of sp³-hybridized carbons (Fsp3) is 1.00. The van der Waals surface area contributed by atoms with Crippen LogP contribution in [0.1, 0.15) is 13.8 Å². The van der Waals surface area contributed by atoms with E-state index < -0.39 is 0 Å². The molecule has 0 aromatic rings. The number of methoxy groups -OCH3 is 1. The van der Waals surface area contributed by atoms with Crippen molar-refractivity contribution < 1.29 is 4.74 Å². The minimum absolute atomic E-state index is 0.0871. The van der Waals surface area contributed by atoms with Crippen LogP contribution in [0, 0.1) is 0 Å². The van der Waals surface area contributed by atoms with E-state index in [1.807, 2.05) is 0 Å². The summed E-state index contributed by atoms with van der Waals surface area (Å²) in [6, 6.07) is 0. The number of ether oxygens (including phenoxy) is 1. The topological polar surface area (TPSA) is 9.23 Å². The number of hydrogen-bond acceptors (Lipinski definition) is 1. The molecule has 0 aromatic carbocycles. The first kappa shape index (κ1) is 7.75. The van der Waals surface area contributed by atoms with Gasteiger partial charge >= 0.3 is 55.2 Å². The van der Waals surface area contributed by atoms with Crippen LogP contribution < -0.4 is 0 Å². The summed E-state index contributed by atoms with van der Waals surface area (Å²) in [6.07, 6.45) is 0. The molecule has 7 heavy (non-hydrogen) atoms. The molecule has 0 N–H and O–H groups in total. The van der Waals surface area contributed by atoms with Gasteiger partial charge in [-0.2, -0.15) is 0 Å². The molecule has 0 heterocycles. The normalized spacial score (nSPS) is 12.0. The molecule has 0 fully saturated rings. The third kappa shape index (κ3) is 3.34. The first-order chi connectivity index (χ1) is 3.12. The molecule has 0 aromatic heterocycles. The standard InChI is InChI=1S/C5H12OTe/c1-5(2,6-3)7-4/h1-4H3. The van der Waals surface area contributed by atoms with E-state index >= 15 is 0 Å². The predicted octanol–water partition coefficient (Wildman–Crippen LogP) is 1.12. The fourth-order valence-corrected chi connectivity index (χ4v) is 0.559. The molecule has 0 spiro atoms. The van der Waals surface area contributed by atoms with E-state index in [-0.39, 0.29) is 24.6 Å². The molecule has 44 valence electrons. The molecule has 0 aliphatic rings. The van der Waals surface area contributed by atoms with Crippen molar-refractivity contribution in [1.29, 1.82) is 0 Å². The molecule has 0 saturated heterocycles. The third-order valence-corrected chi connectivity index (χ3v) is 4.26. The molecular formula is C5H12OTe. The van der Waals surface area contributed by atoms with Crippen LogP contribution in [-0.2, 0) is 4.74 Å². The van der Waals surface area contributed by atoms with E-state index in [1.54, 1.807) is 7.11 Å². The monoisotopic (exact) mass is 218 g/mol. The van der Waals surface area contributed by atoms with Crippen LogP contribution >= 0.6 is 0 Å². The van der Waals surface area contributed by atoms with Gasteiger partial charge in [-0.25, -0.2) is 0 Å². The molecule has 0 radical (unpaired) electrons. The summed E-state index contributed by atoms with van der Waals surface area (Å²) in [5, 5.41) is 0. The van der Waals surface area contributed by atoms with Crippen molar-refractivity contribution in [2.24, 2.45) is 0 Å². The Kier molecular flexibility index (Phi) is 3.23. The van der Waals surface area contributed by atoms with Gasteiger partial charge in [-0.1, -0.05) is 0 Å². The maximum atomic E-state index is 5.14. The summed E-state index contributed by atoms with van der Waals surface area (Å²) in [5.41, 5.74) is 0. The predicted molar refractivity (Wildman–Crippen MR) is 32.7 cm³/mol. The van der Waals surface area contributed by atoms with E-state index in [0.29, 0.717) is 0 Å². The van der Waals surface area contributed by atoms with E-state index in [4.69, 9.17) is 4.74 Å². The molecular weight excluding hydrogens is 204 g/mol. The van der Waals surface area contributed by atoms with Crippen molar-refractivity contribution in [3.63, 3.8) is 0 Å². The Hall–Kier alpha value is 0.750. The second-order valence-corrected chi connectivity index (χ2v) is 5.78. The zero-order valence-electron chi connectivity index (χ0n) is 5.32. The van der Waals surface area contributed by atoms with Crippen LogP contribution in [0.2, 0.25) is 4.97 Å². The Morgan fingerprint density at radius 3 is 1.86 bits per heavy atom. The number of rotatable bonds is 2. The molecule has 1 nitrogen and oxygen atoms in total. The van der Waals surface area contributed by atoms with Crippen molar-refractivity contribution in [3.8, 4) is 0 Å². The van der Waals surface area contributed by atoms with Crippen molar-refractivity contribution >= 4 is 20.9 Å². The zero-order valence-corrected chi connectivity index (χ0v) is 7.65. The van der Waals surface area contributed by atoms with Gasteiger partial charge < -0.3 is 0 Å². The van der Waals surface area contributed by atoms with Crippen molar-refractivity contribution in [1.82, 2.24) is 0 Å². The molecule has 0 aliphatic carbocycles. The van der Waals surface area contributed by atoms with Crippen LogP contribution in [0.25, 0.3) is 0 Å². The molecule has 0 amide bonds. The molecule has 2 heteroatoms. The Labute approximate surface area is 55.5 Å². The van der Waals surface area contributed by atoms with Gasteiger partial charge in [0.25, 0.3) is 0 Å². The zero-order chi connectivity index (χ0) is 5.91. The molecule has 0 aliphatic heterocycles. The number of hydrogen-bond donors (Lipinski definition) is 0. The maximum absolute atomic E-state index is 5.14. The molecule has 0 saturated carbocycles. The summed E-state index contributed by atoms with van der Waals surface area (Å²) >= 11 is 0.0871. The molecule has 0 rings (SSSR count). The summed E-state index contributed by atoms with van der Waals surface area (Å²) in [7, 11) is 1.77. The molecule has 0 atom stereocenters. The van der Waals surface area contributed by atoms with E-state index in [1.165, 1.54) is 0 Å². The van der Waals surface area contributed by atoms with E-state index in [0.717, 1.165) is 0 Å². The second kappa shape index (κ2) is 2.91. The first-order valence-electron chi connectivity index (χ1n) is 2.22. The van der Waals surface area contributed by atoms with Crippen LogP contribution in [0.5, 0.6) is 0 Å². The van der Waals surface area contributed by atoms with Crippen molar-refractivity contribution in [2.45, 2.75) is 22.5 Å². The van der Waals surface area contributed by atoms with Crippen molar-refractivity contribution in [3.05, 3.63) is 0 Å². The van der Waals surface area contributed by atoms with E-state index in [9.17, 15) is 0 Å². The van der Waals surface area contributed by atoms with Crippen LogP contribution in [-0.4, -0.2) is 31.7 Å². The molecule has 0 unspecified atom stereocenters. The SMILES string of the molecule is COC(C)(C)[Te]C. The Morgan fingerprint density at radius 2 is 1.86 bits per heavy atom. The Bertz CT molecular complexity index is 46.0. The van der Waals surface area contributed by atoms with Crippen molar-refractivity contribution in [2.75, 3.05) is 7.11 Å². The van der Waals surface area contributed by atoms with Gasteiger partial charge in [-0.15, -0.1) is 0 Å². The van der Waals surface area contributed by atoms with E-state index in [2.05, 4.69) is 18.8 Å². The summed E-state index contributed by atoms with van der Waals surface area (Å²) in [4.78, 5) is 2.24. The summed E-state index contributed by atoms with van der Waals surface area (Å²) in [5.74, 6) is 0. The average Bonchev–Trinajstić information content (AvgIpc) is 1.68. The second-order valence-electron chi connectivity index (χ2n) is 1.81. The van der Waals surface area contributed by atoms with Gasteiger partial charge in [0.05, 0.1) is 0 Å². The van der Waals surface area contributed by atoms with Gasteiger partial charge in [0.15, 0.2) is 0 Å². The van der Waals surface area contributed by atoms with Crippen LogP contribution in [0.3, 0.4) is 0 Å². The summed E-state index contributed by atoms with van der Waals surface area (Å²) < 4.78 is 5.36. The third-order valence-electron chi connectivity index (χ3n) is 0.983. The fourth-order valence-electron chi connectivity index (χ4n) is 0.0833. The summed E-state index contributed by atoms with van der Waals surface area (Å²) in [6.45, 7) is 4.27. The van der Waals surface area contributed by atoms with Gasteiger partial charge in [0.2, 0.25) is 0 Å². The van der Waals surface area contributed by atoms with Crippen LogP contribution in [0.15, 0.2) is 0 Å². The van der Waals surface area contributed by atoms with Crippen LogP contribution in [0.4, 0.5) is 0 Å². The molecule has 0 bridgehead atoms. The average molecular weight is 216 g/mol. The minimum atomic E-state index is 0.0871. The van der Waals surface area contributed by atoms with Gasteiger partial charge in [0.1, 0.15) is 0 Å². The van der Waals surface area contributed by atoms with Gasteiger partial charge in [-0.05, 0) is 0 Å². The quantitative estimate of drug-likeness (QED) is 0.628. The van der Waals surface area contributed by atoms with Gasteiger partial charge in [-0.3, -0.25) is 0 Å².